The zero-order valence-electron chi connectivity index (χ0n) is 15.5. The number of furan rings is 1. The third-order valence-electron chi connectivity index (χ3n) is 5.24. The number of carbonyl (C=O) groups is 2. The SMILES string of the molecule is CN(C)C(=O)CN1C(=O)[C@@H]2CC[C@H]1CN(Cc1noc(-c3ccco3)n1)C2. The van der Waals surface area contributed by atoms with E-state index in [9.17, 15) is 9.59 Å². The van der Waals surface area contributed by atoms with Gasteiger partial charge in [0.25, 0.3) is 5.89 Å². The second kappa shape index (κ2) is 7.15. The third-order valence-corrected chi connectivity index (χ3v) is 5.24. The monoisotopic (exact) mass is 373 g/mol. The van der Waals surface area contributed by atoms with E-state index in [2.05, 4.69) is 15.0 Å². The number of hydrogen-bond donors (Lipinski definition) is 0. The Morgan fingerprint density at radius 1 is 1.33 bits per heavy atom. The molecule has 9 heteroatoms. The number of piperidine rings is 1. The molecule has 2 atom stereocenters. The molecular weight excluding hydrogens is 350 g/mol. The van der Waals surface area contributed by atoms with Gasteiger partial charge in [-0.15, -0.1) is 0 Å². The first-order valence-electron chi connectivity index (χ1n) is 9.10. The van der Waals surface area contributed by atoms with Crippen molar-refractivity contribution in [1.82, 2.24) is 24.8 Å². The molecule has 144 valence electrons. The van der Waals surface area contributed by atoms with Gasteiger partial charge < -0.3 is 18.7 Å². The highest BCUT2D eigenvalue weighted by molar-refractivity contribution is 5.86. The number of hydrogen-bond acceptors (Lipinski definition) is 7. The molecule has 3 aliphatic rings. The van der Waals surface area contributed by atoms with Gasteiger partial charge in [-0.05, 0) is 25.0 Å². The highest BCUT2D eigenvalue weighted by Crippen LogP contribution is 2.30. The van der Waals surface area contributed by atoms with E-state index < -0.39 is 0 Å². The zero-order valence-corrected chi connectivity index (χ0v) is 15.5. The number of likely N-dealkylation sites (N-methyl/N-ethyl adjacent to an activating group) is 1. The molecule has 3 aliphatic heterocycles. The van der Waals surface area contributed by atoms with Crippen LogP contribution in [0.15, 0.2) is 27.3 Å². The molecule has 9 nitrogen and oxygen atoms in total. The summed E-state index contributed by atoms with van der Waals surface area (Å²) >= 11 is 0. The van der Waals surface area contributed by atoms with Crippen LogP contribution in [0.25, 0.3) is 11.7 Å². The number of aromatic nitrogens is 2. The van der Waals surface area contributed by atoms with E-state index in [0.717, 1.165) is 12.8 Å². The maximum absolute atomic E-state index is 12.8. The molecule has 2 amide bonds. The molecule has 3 saturated heterocycles. The van der Waals surface area contributed by atoms with Crippen molar-refractivity contribution in [2.24, 2.45) is 5.92 Å². The Hall–Kier alpha value is -2.68. The van der Waals surface area contributed by atoms with E-state index in [4.69, 9.17) is 8.94 Å². The first-order chi connectivity index (χ1) is 13.0. The van der Waals surface area contributed by atoms with E-state index in [0.29, 0.717) is 37.1 Å². The number of amides is 2. The van der Waals surface area contributed by atoms with Crippen molar-refractivity contribution in [2.45, 2.75) is 25.4 Å². The summed E-state index contributed by atoms with van der Waals surface area (Å²) in [6, 6.07) is 3.57. The Labute approximate surface area is 156 Å². The van der Waals surface area contributed by atoms with Gasteiger partial charge in [0.15, 0.2) is 11.6 Å². The van der Waals surface area contributed by atoms with Crippen LogP contribution in [-0.4, -0.2) is 76.4 Å². The maximum atomic E-state index is 12.8. The third kappa shape index (κ3) is 3.59. The Morgan fingerprint density at radius 3 is 2.93 bits per heavy atom. The molecule has 0 unspecified atom stereocenters. The first kappa shape index (κ1) is 17.7. The molecule has 2 bridgehead atoms. The number of fused-ring (bicyclic) bond motifs is 4. The van der Waals surface area contributed by atoms with Crippen LogP contribution in [0.5, 0.6) is 0 Å². The predicted molar refractivity (Wildman–Crippen MR) is 94.2 cm³/mol. The molecule has 2 aromatic heterocycles. The molecule has 2 aromatic rings. The molecule has 0 saturated carbocycles. The fourth-order valence-corrected chi connectivity index (χ4v) is 3.77. The zero-order chi connectivity index (χ0) is 19.0. The van der Waals surface area contributed by atoms with Crippen LogP contribution >= 0.6 is 0 Å². The van der Waals surface area contributed by atoms with Gasteiger partial charge in [0.1, 0.15) is 6.54 Å². The van der Waals surface area contributed by atoms with E-state index in [-0.39, 0.29) is 30.3 Å². The van der Waals surface area contributed by atoms with Gasteiger partial charge >= 0.3 is 0 Å². The standard InChI is InChI=1S/C18H23N5O4/c1-21(2)16(24)11-23-13-6-5-12(18(23)25)8-22(9-13)10-15-19-17(27-20-15)14-4-3-7-26-14/h3-4,7,12-13H,5-6,8-11H2,1-2H3/t12-,13+/m1/s1. The van der Waals surface area contributed by atoms with Gasteiger partial charge in [-0.2, -0.15) is 4.98 Å². The molecule has 0 spiro atoms. The predicted octanol–water partition coefficient (Wildman–Crippen LogP) is 0.841. The van der Waals surface area contributed by atoms with Crippen LogP contribution in [0.3, 0.4) is 0 Å². The lowest BCUT2D eigenvalue weighted by Crippen LogP contribution is -2.51. The van der Waals surface area contributed by atoms with Crippen LogP contribution in [0, 0.1) is 5.92 Å². The summed E-state index contributed by atoms with van der Waals surface area (Å²) < 4.78 is 10.5. The van der Waals surface area contributed by atoms with Crippen molar-refractivity contribution < 1.29 is 18.5 Å². The van der Waals surface area contributed by atoms with Gasteiger partial charge in [-0.25, -0.2) is 0 Å². The summed E-state index contributed by atoms with van der Waals surface area (Å²) in [5, 5.41) is 4.03. The number of rotatable bonds is 5. The Bertz CT molecular complexity index is 816. The Balaban J connectivity index is 1.45. The van der Waals surface area contributed by atoms with Gasteiger partial charge in [0, 0.05) is 33.2 Å². The maximum Gasteiger partial charge on any atom is 0.293 e. The minimum atomic E-state index is -0.0878. The lowest BCUT2D eigenvalue weighted by molar-refractivity contribution is -0.145. The van der Waals surface area contributed by atoms with Crippen molar-refractivity contribution in [1.29, 1.82) is 0 Å². The van der Waals surface area contributed by atoms with Crippen LogP contribution in [0.1, 0.15) is 18.7 Å². The van der Waals surface area contributed by atoms with Crippen LogP contribution < -0.4 is 0 Å². The van der Waals surface area contributed by atoms with Crippen molar-refractivity contribution in [3.05, 3.63) is 24.2 Å². The van der Waals surface area contributed by atoms with E-state index >= 15 is 0 Å². The molecule has 0 aliphatic carbocycles. The number of carbonyl (C=O) groups excluding carboxylic acids is 2. The van der Waals surface area contributed by atoms with Crippen LogP contribution in [-0.2, 0) is 16.1 Å². The molecule has 5 heterocycles. The second-order valence-electron chi connectivity index (χ2n) is 7.37. The normalized spacial score (nSPS) is 22.9. The second-order valence-corrected chi connectivity index (χ2v) is 7.37. The van der Waals surface area contributed by atoms with Gasteiger partial charge in [-0.3, -0.25) is 14.5 Å². The smallest absolute Gasteiger partial charge is 0.293 e. The fraction of sp³-hybridized carbons (Fsp3) is 0.556. The molecule has 0 aromatic carbocycles. The highest BCUT2D eigenvalue weighted by atomic mass is 16.5. The summed E-state index contributed by atoms with van der Waals surface area (Å²) in [5.74, 6) is 1.38. The van der Waals surface area contributed by atoms with Gasteiger partial charge in [-0.1, -0.05) is 5.16 Å². The fourth-order valence-electron chi connectivity index (χ4n) is 3.77. The summed E-state index contributed by atoms with van der Waals surface area (Å²) in [6.07, 6.45) is 3.33. The molecule has 0 radical (unpaired) electrons. The molecular formula is C18H23N5O4. The Kier molecular flexibility index (Phi) is 4.69. The van der Waals surface area contributed by atoms with Gasteiger partial charge in [0.2, 0.25) is 11.8 Å². The van der Waals surface area contributed by atoms with E-state index in [1.165, 1.54) is 4.90 Å². The summed E-state index contributed by atoms with van der Waals surface area (Å²) in [4.78, 5) is 34.7. The summed E-state index contributed by atoms with van der Waals surface area (Å²) in [7, 11) is 3.42. The first-order valence-corrected chi connectivity index (χ1v) is 9.10. The number of nitrogens with zero attached hydrogens (tertiary/aromatic N) is 5. The highest BCUT2D eigenvalue weighted by Gasteiger charge is 2.41. The Morgan fingerprint density at radius 2 is 2.19 bits per heavy atom. The van der Waals surface area contributed by atoms with Crippen molar-refractivity contribution in [3.8, 4) is 11.7 Å². The molecule has 3 fully saturated rings. The van der Waals surface area contributed by atoms with Crippen molar-refractivity contribution in [3.63, 3.8) is 0 Å². The average molecular weight is 373 g/mol. The minimum Gasteiger partial charge on any atom is -0.459 e. The van der Waals surface area contributed by atoms with Crippen LogP contribution in [0.2, 0.25) is 0 Å². The van der Waals surface area contributed by atoms with Crippen molar-refractivity contribution >= 4 is 11.8 Å². The molecule has 5 rings (SSSR count). The topological polar surface area (TPSA) is 95.9 Å². The lowest BCUT2D eigenvalue weighted by Gasteiger charge is -2.36. The quantitative estimate of drug-likeness (QED) is 0.766. The average Bonchev–Trinajstić information content (AvgIpc) is 3.25. The summed E-state index contributed by atoms with van der Waals surface area (Å²) in [6.45, 7) is 1.99. The largest absolute Gasteiger partial charge is 0.459 e. The van der Waals surface area contributed by atoms with Crippen LogP contribution in [0.4, 0.5) is 0 Å². The summed E-state index contributed by atoms with van der Waals surface area (Å²) in [5.41, 5.74) is 0. The van der Waals surface area contributed by atoms with E-state index in [1.54, 1.807) is 37.4 Å². The lowest BCUT2D eigenvalue weighted by atomic mass is 9.94. The molecule has 0 N–H and O–H groups in total. The van der Waals surface area contributed by atoms with E-state index in [1.807, 2.05) is 0 Å². The van der Waals surface area contributed by atoms with Crippen molar-refractivity contribution in [2.75, 3.05) is 33.7 Å². The van der Waals surface area contributed by atoms with Gasteiger partial charge in [0.05, 0.1) is 18.7 Å². The molecule has 27 heavy (non-hydrogen) atoms. The minimum absolute atomic E-state index is 0.0385.